The molecule has 0 aromatic carbocycles. The zero-order valence-electron chi connectivity index (χ0n) is 10.1. The van der Waals surface area contributed by atoms with Crippen molar-refractivity contribution in [3.8, 4) is 0 Å². The lowest BCUT2D eigenvalue weighted by Crippen LogP contribution is -2.13. The molecule has 1 saturated carbocycles. The lowest BCUT2D eigenvalue weighted by molar-refractivity contribution is 0.0683. The molecular formula is C12H13ClN4O2. The molecule has 0 amide bonds. The Morgan fingerprint density at radius 3 is 2.74 bits per heavy atom. The van der Waals surface area contributed by atoms with Crippen molar-refractivity contribution in [2.45, 2.75) is 31.7 Å². The van der Waals surface area contributed by atoms with Gasteiger partial charge in [0.2, 0.25) is 5.95 Å². The molecule has 0 unspecified atom stereocenters. The molecule has 0 radical (unpaired) electrons. The van der Waals surface area contributed by atoms with Crippen LogP contribution in [0.25, 0.3) is 11.0 Å². The van der Waals surface area contributed by atoms with Crippen molar-refractivity contribution in [1.29, 1.82) is 0 Å². The normalized spacial score (nSPS) is 16.3. The Morgan fingerprint density at radius 2 is 2.11 bits per heavy atom. The summed E-state index contributed by atoms with van der Waals surface area (Å²) in [6.07, 6.45) is 4.09. The largest absolute Gasteiger partial charge is 0.477 e. The van der Waals surface area contributed by atoms with Crippen molar-refractivity contribution in [2.24, 2.45) is 0 Å². The van der Waals surface area contributed by atoms with Gasteiger partial charge in [-0.1, -0.05) is 24.4 Å². The minimum atomic E-state index is -0.987. The fraction of sp³-hybridized carbons (Fsp3) is 0.417. The highest BCUT2D eigenvalue weighted by Gasteiger charge is 2.26. The van der Waals surface area contributed by atoms with Crippen LogP contribution in [0, 0.1) is 0 Å². The van der Waals surface area contributed by atoms with Crippen LogP contribution in [0.3, 0.4) is 0 Å². The van der Waals surface area contributed by atoms with Gasteiger partial charge in [0, 0.05) is 6.04 Å². The fourth-order valence-corrected chi connectivity index (χ4v) is 3.00. The molecule has 0 bridgehead atoms. The topological polar surface area (TPSA) is 94.0 Å². The molecule has 19 heavy (non-hydrogen) atoms. The smallest absolute Gasteiger partial charge is 0.352 e. The average molecular weight is 281 g/mol. The number of nitrogens with zero attached hydrogens (tertiary/aromatic N) is 3. The second-order valence-electron chi connectivity index (χ2n) is 4.75. The van der Waals surface area contributed by atoms with Gasteiger partial charge in [-0.15, -0.1) is 0 Å². The Hall–Kier alpha value is -1.82. The zero-order chi connectivity index (χ0) is 13.6. The summed E-state index contributed by atoms with van der Waals surface area (Å²) in [6, 6.07) is 1.67. The van der Waals surface area contributed by atoms with E-state index in [9.17, 15) is 9.90 Å². The van der Waals surface area contributed by atoms with Gasteiger partial charge in [-0.05, 0) is 18.9 Å². The van der Waals surface area contributed by atoms with Crippen LogP contribution in [0.1, 0.15) is 42.2 Å². The zero-order valence-corrected chi connectivity index (χ0v) is 10.9. The molecule has 6 nitrogen and oxygen atoms in total. The Labute approximate surface area is 114 Å². The van der Waals surface area contributed by atoms with Gasteiger partial charge in [0.05, 0.1) is 5.39 Å². The van der Waals surface area contributed by atoms with Crippen molar-refractivity contribution >= 4 is 34.6 Å². The maximum Gasteiger partial charge on any atom is 0.352 e. The number of halogens is 1. The molecule has 0 atom stereocenters. The van der Waals surface area contributed by atoms with Crippen LogP contribution < -0.4 is 5.73 Å². The van der Waals surface area contributed by atoms with Gasteiger partial charge in [-0.2, -0.15) is 4.98 Å². The summed E-state index contributed by atoms with van der Waals surface area (Å²) in [7, 11) is 0. The number of nitrogen functional groups attached to an aromatic ring is 1. The Bertz CT molecular complexity index is 661. The number of carboxylic acid groups (broad SMARTS) is 1. The summed E-state index contributed by atoms with van der Waals surface area (Å²) in [6.45, 7) is 0. The molecule has 2 aromatic heterocycles. The van der Waals surface area contributed by atoms with Gasteiger partial charge in [0.25, 0.3) is 0 Å². The van der Waals surface area contributed by atoms with E-state index < -0.39 is 5.97 Å². The first kappa shape index (κ1) is 12.2. The van der Waals surface area contributed by atoms with Crippen LogP contribution in [0.2, 0.25) is 5.15 Å². The minimum Gasteiger partial charge on any atom is -0.477 e. The highest BCUT2D eigenvalue weighted by Crippen LogP contribution is 2.35. The van der Waals surface area contributed by atoms with Gasteiger partial charge in [0.15, 0.2) is 0 Å². The van der Waals surface area contributed by atoms with E-state index in [1.54, 1.807) is 4.57 Å². The number of aromatic nitrogens is 3. The van der Waals surface area contributed by atoms with Crippen molar-refractivity contribution in [2.75, 3.05) is 5.73 Å². The number of anilines is 1. The molecule has 100 valence electrons. The van der Waals surface area contributed by atoms with E-state index in [1.165, 1.54) is 6.07 Å². The van der Waals surface area contributed by atoms with Crippen molar-refractivity contribution in [1.82, 2.24) is 14.5 Å². The van der Waals surface area contributed by atoms with E-state index in [4.69, 9.17) is 17.3 Å². The van der Waals surface area contributed by atoms with Crippen LogP contribution in [0.15, 0.2) is 6.07 Å². The van der Waals surface area contributed by atoms with Gasteiger partial charge >= 0.3 is 5.97 Å². The number of carbonyl (C=O) groups is 1. The molecule has 0 aliphatic heterocycles. The predicted octanol–water partition coefficient (Wildman–Crippen LogP) is 2.48. The van der Waals surface area contributed by atoms with E-state index in [0.29, 0.717) is 11.0 Å². The lowest BCUT2D eigenvalue weighted by atomic mass is 10.2. The van der Waals surface area contributed by atoms with E-state index in [-0.39, 0.29) is 22.8 Å². The first-order valence-corrected chi connectivity index (χ1v) is 6.53. The first-order valence-electron chi connectivity index (χ1n) is 6.15. The van der Waals surface area contributed by atoms with Crippen LogP contribution in [0.5, 0.6) is 0 Å². The molecule has 1 aliphatic rings. The van der Waals surface area contributed by atoms with Gasteiger partial charge in [0.1, 0.15) is 16.5 Å². The van der Waals surface area contributed by atoms with Crippen LogP contribution in [0.4, 0.5) is 5.95 Å². The summed E-state index contributed by atoms with van der Waals surface area (Å²) in [5, 5.41) is 10.1. The molecule has 1 fully saturated rings. The molecule has 3 N–H and O–H groups in total. The SMILES string of the molecule is Nc1nc(Cl)c2cc(C(=O)O)n(C3CCCC3)c2n1. The number of fused-ring (bicyclic) bond motifs is 1. The lowest BCUT2D eigenvalue weighted by Gasteiger charge is -2.15. The third-order valence-corrected chi connectivity index (χ3v) is 3.86. The summed E-state index contributed by atoms with van der Waals surface area (Å²) in [5.74, 6) is -0.925. The molecule has 0 saturated heterocycles. The van der Waals surface area contributed by atoms with Crippen molar-refractivity contribution < 1.29 is 9.90 Å². The molecular weight excluding hydrogens is 268 g/mol. The highest BCUT2D eigenvalue weighted by atomic mass is 35.5. The van der Waals surface area contributed by atoms with E-state index in [1.807, 2.05) is 0 Å². The van der Waals surface area contributed by atoms with Crippen LogP contribution in [-0.2, 0) is 0 Å². The minimum absolute atomic E-state index is 0.0618. The van der Waals surface area contributed by atoms with E-state index in [0.717, 1.165) is 25.7 Å². The van der Waals surface area contributed by atoms with E-state index in [2.05, 4.69) is 9.97 Å². The summed E-state index contributed by atoms with van der Waals surface area (Å²) in [5.41, 5.74) is 6.32. The monoisotopic (exact) mass is 280 g/mol. The fourth-order valence-electron chi connectivity index (χ4n) is 2.77. The molecule has 2 aromatic rings. The van der Waals surface area contributed by atoms with Gasteiger partial charge in [-0.3, -0.25) is 0 Å². The molecule has 7 heteroatoms. The first-order chi connectivity index (χ1) is 9.08. The Balaban J connectivity index is 2.31. The molecule has 0 spiro atoms. The van der Waals surface area contributed by atoms with Gasteiger partial charge < -0.3 is 15.4 Å². The van der Waals surface area contributed by atoms with Crippen molar-refractivity contribution in [3.05, 3.63) is 16.9 Å². The third-order valence-electron chi connectivity index (χ3n) is 3.57. The molecule has 2 heterocycles. The third kappa shape index (κ3) is 1.92. The standard InChI is InChI=1S/C12H13ClN4O2/c13-9-7-5-8(11(18)19)17(6-3-1-2-4-6)10(7)16-12(14)15-9/h5-6H,1-4H2,(H,18,19)(H2,14,15,16). The molecule has 1 aliphatic carbocycles. The summed E-state index contributed by atoms with van der Waals surface area (Å²) < 4.78 is 1.74. The number of carboxylic acids is 1. The second kappa shape index (κ2) is 4.38. The Kier molecular flexibility index (Phi) is 2.82. The average Bonchev–Trinajstić information content (AvgIpc) is 2.93. The number of hydrogen-bond acceptors (Lipinski definition) is 4. The maximum atomic E-state index is 11.4. The predicted molar refractivity (Wildman–Crippen MR) is 71.4 cm³/mol. The maximum absolute atomic E-state index is 11.4. The quantitative estimate of drug-likeness (QED) is 0.824. The summed E-state index contributed by atoms with van der Waals surface area (Å²) >= 11 is 6.02. The van der Waals surface area contributed by atoms with Crippen LogP contribution >= 0.6 is 11.6 Å². The van der Waals surface area contributed by atoms with Gasteiger partial charge in [-0.25, -0.2) is 9.78 Å². The second-order valence-corrected chi connectivity index (χ2v) is 5.11. The van der Waals surface area contributed by atoms with Crippen molar-refractivity contribution in [3.63, 3.8) is 0 Å². The summed E-state index contributed by atoms with van der Waals surface area (Å²) in [4.78, 5) is 19.4. The van der Waals surface area contributed by atoms with E-state index >= 15 is 0 Å². The Morgan fingerprint density at radius 1 is 1.42 bits per heavy atom. The highest BCUT2D eigenvalue weighted by molar-refractivity contribution is 6.34. The molecule has 3 rings (SSSR count). The van der Waals surface area contributed by atoms with Crippen LogP contribution in [-0.4, -0.2) is 25.6 Å². The number of rotatable bonds is 2. The number of hydrogen-bond donors (Lipinski definition) is 2. The number of nitrogens with two attached hydrogens (primary N) is 1. The number of aromatic carboxylic acids is 1.